The Morgan fingerprint density at radius 1 is 1.12 bits per heavy atom. The molecular formula is C20H21N5O. The normalized spacial score (nSPS) is 14.2. The lowest BCUT2D eigenvalue weighted by Gasteiger charge is -2.44. The van der Waals surface area contributed by atoms with E-state index in [4.69, 9.17) is 0 Å². The van der Waals surface area contributed by atoms with Crippen LogP contribution in [0, 0.1) is 0 Å². The number of likely N-dealkylation sites (N-methyl/N-ethyl adjacent to an activating group) is 1. The summed E-state index contributed by atoms with van der Waals surface area (Å²) in [5, 5.41) is 4.50. The lowest BCUT2D eigenvalue weighted by molar-refractivity contribution is 0.0694. The van der Waals surface area contributed by atoms with Gasteiger partial charge >= 0.3 is 0 Å². The number of hydrogen-bond acceptors (Lipinski definition) is 4. The van der Waals surface area contributed by atoms with Crippen LogP contribution in [0.1, 0.15) is 10.5 Å². The van der Waals surface area contributed by atoms with Crippen LogP contribution >= 0.6 is 0 Å². The van der Waals surface area contributed by atoms with Crippen LogP contribution in [-0.4, -0.2) is 51.8 Å². The highest BCUT2D eigenvalue weighted by atomic mass is 16.2. The molecule has 6 heteroatoms. The molecule has 3 heterocycles. The summed E-state index contributed by atoms with van der Waals surface area (Å²) >= 11 is 0. The third kappa shape index (κ3) is 2.94. The summed E-state index contributed by atoms with van der Waals surface area (Å²) < 4.78 is 1.66. The first kappa shape index (κ1) is 16.3. The fourth-order valence-corrected chi connectivity index (χ4v) is 3.19. The zero-order valence-electron chi connectivity index (χ0n) is 14.9. The fourth-order valence-electron chi connectivity index (χ4n) is 3.19. The van der Waals surface area contributed by atoms with E-state index in [9.17, 15) is 4.79 Å². The predicted octanol–water partition coefficient (Wildman–Crippen LogP) is 2.44. The van der Waals surface area contributed by atoms with Crippen molar-refractivity contribution in [1.82, 2.24) is 19.7 Å². The Hall–Kier alpha value is -3.15. The SMILES string of the molecule is CN(C(=O)c1cc(-c2ccccc2)nn1C)C1CN(c2ccccn2)C1. The Kier molecular flexibility index (Phi) is 4.16. The number of aromatic nitrogens is 3. The fraction of sp³-hybridized carbons (Fsp3) is 0.250. The van der Waals surface area contributed by atoms with Gasteiger partial charge in [-0.05, 0) is 18.2 Å². The predicted molar refractivity (Wildman–Crippen MR) is 101 cm³/mol. The number of aryl methyl sites for hydroxylation is 1. The molecule has 1 aliphatic heterocycles. The summed E-state index contributed by atoms with van der Waals surface area (Å²) in [6.45, 7) is 1.59. The third-order valence-electron chi connectivity index (χ3n) is 4.87. The van der Waals surface area contributed by atoms with Gasteiger partial charge < -0.3 is 9.80 Å². The van der Waals surface area contributed by atoms with E-state index in [1.807, 2.05) is 73.6 Å². The molecule has 3 aromatic rings. The Bertz CT molecular complexity index is 900. The molecule has 4 rings (SSSR count). The molecule has 1 fully saturated rings. The van der Waals surface area contributed by atoms with Crippen LogP contribution in [0.3, 0.4) is 0 Å². The molecule has 0 unspecified atom stereocenters. The van der Waals surface area contributed by atoms with Crippen molar-refractivity contribution < 1.29 is 4.79 Å². The molecule has 1 saturated heterocycles. The summed E-state index contributed by atoms with van der Waals surface area (Å²) in [4.78, 5) is 21.3. The first-order valence-electron chi connectivity index (χ1n) is 8.66. The van der Waals surface area contributed by atoms with Crippen LogP contribution in [0.25, 0.3) is 11.3 Å². The van der Waals surface area contributed by atoms with Crippen molar-refractivity contribution in [3.8, 4) is 11.3 Å². The lowest BCUT2D eigenvalue weighted by Crippen LogP contribution is -2.60. The number of rotatable bonds is 4. The molecule has 1 aromatic carbocycles. The van der Waals surface area contributed by atoms with Crippen LogP contribution in [0.15, 0.2) is 60.8 Å². The van der Waals surface area contributed by atoms with Crippen LogP contribution < -0.4 is 4.90 Å². The molecule has 1 amide bonds. The summed E-state index contributed by atoms with van der Waals surface area (Å²) in [5.74, 6) is 0.948. The maximum atomic E-state index is 12.9. The van der Waals surface area contributed by atoms with Gasteiger partial charge in [0, 0.05) is 38.9 Å². The second-order valence-electron chi connectivity index (χ2n) is 6.57. The molecule has 0 bridgehead atoms. The standard InChI is InChI=1S/C20H21N5O/c1-23(16-13-25(14-16)19-10-6-7-11-21-19)20(26)18-12-17(22-24(18)2)15-8-4-3-5-9-15/h3-12,16H,13-14H2,1-2H3. The summed E-state index contributed by atoms with van der Waals surface area (Å²) in [6, 6.07) is 17.8. The monoisotopic (exact) mass is 347 g/mol. The van der Waals surface area contributed by atoms with Gasteiger partial charge in [-0.1, -0.05) is 36.4 Å². The van der Waals surface area contributed by atoms with Gasteiger partial charge in [-0.25, -0.2) is 4.98 Å². The molecule has 26 heavy (non-hydrogen) atoms. The molecule has 0 aliphatic carbocycles. The van der Waals surface area contributed by atoms with E-state index < -0.39 is 0 Å². The van der Waals surface area contributed by atoms with E-state index in [0.717, 1.165) is 30.2 Å². The first-order chi connectivity index (χ1) is 12.6. The quantitative estimate of drug-likeness (QED) is 0.727. The smallest absolute Gasteiger partial charge is 0.272 e. The highest BCUT2D eigenvalue weighted by molar-refractivity contribution is 5.94. The molecule has 0 spiro atoms. The number of anilines is 1. The molecule has 0 saturated carbocycles. The summed E-state index contributed by atoms with van der Waals surface area (Å²) in [6.07, 6.45) is 1.79. The number of hydrogen-bond donors (Lipinski definition) is 0. The number of amides is 1. The largest absolute Gasteiger partial charge is 0.352 e. The van der Waals surface area contributed by atoms with Crippen LogP contribution in [-0.2, 0) is 7.05 Å². The molecule has 0 radical (unpaired) electrons. The van der Waals surface area contributed by atoms with Gasteiger partial charge in [-0.3, -0.25) is 9.48 Å². The highest BCUT2D eigenvalue weighted by Crippen LogP contribution is 2.23. The second kappa shape index (κ2) is 6.63. The van der Waals surface area contributed by atoms with E-state index in [0.29, 0.717) is 5.69 Å². The van der Waals surface area contributed by atoms with Gasteiger partial charge in [0.1, 0.15) is 11.5 Å². The average Bonchev–Trinajstić information content (AvgIpc) is 3.03. The topological polar surface area (TPSA) is 54.3 Å². The van der Waals surface area contributed by atoms with Gasteiger partial charge in [0.2, 0.25) is 0 Å². The zero-order valence-corrected chi connectivity index (χ0v) is 14.9. The van der Waals surface area contributed by atoms with Crippen molar-refractivity contribution in [3.05, 3.63) is 66.5 Å². The van der Waals surface area contributed by atoms with Gasteiger partial charge in [-0.15, -0.1) is 0 Å². The second-order valence-corrected chi connectivity index (χ2v) is 6.57. The minimum Gasteiger partial charge on any atom is -0.352 e. The van der Waals surface area contributed by atoms with Gasteiger partial charge in [0.05, 0.1) is 11.7 Å². The first-order valence-corrected chi connectivity index (χ1v) is 8.66. The van der Waals surface area contributed by atoms with Crippen molar-refractivity contribution in [3.63, 3.8) is 0 Å². The lowest BCUT2D eigenvalue weighted by atomic mass is 10.1. The van der Waals surface area contributed by atoms with Crippen LogP contribution in [0.5, 0.6) is 0 Å². The maximum Gasteiger partial charge on any atom is 0.272 e. The van der Waals surface area contributed by atoms with E-state index >= 15 is 0 Å². The maximum absolute atomic E-state index is 12.9. The number of carbonyl (C=O) groups excluding carboxylic acids is 1. The van der Waals surface area contributed by atoms with Crippen LogP contribution in [0.4, 0.5) is 5.82 Å². The molecule has 0 N–H and O–H groups in total. The molecule has 1 aliphatic rings. The van der Waals surface area contributed by atoms with E-state index in [1.165, 1.54) is 0 Å². The van der Waals surface area contributed by atoms with Crippen LogP contribution in [0.2, 0.25) is 0 Å². The summed E-state index contributed by atoms with van der Waals surface area (Å²) in [7, 11) is 3.67. The third-order valence-corrected chi connectivity index (χ3v) is 4.87. The Balaban J connectivity index is 1.46. The highest BCUT2D eigenvalue weighted by Gasteiger charge is 2.34. The minimum atomic E-state index is -0.00662. The minimum absolute atomic E-state index is 0.00662. The molecule has 2 aromatic heterocycles. The number of pyridine rings is 1. The average molecular weight is 347 g/mol. The molecule has 0 atom stereocenters. The Morgan fingerprint density at radius 3 is 2.54 bits per heavy atom. The number of benzene rings is 1. The Labute approximate surface area is 152 Å². The van der Waals surface area contributed by atoms with Crippen molar-refractivity contribution in [2.24, 2.45) is 7.05 Å². The van der Waals surface area contributed by atoms with Gasteiger partial charge in [0.25, 0.3) is 5.91 Å². The number of carbonyl (C=O) groups is 1. The summed E-state index contributed by atoms with van der Waals surface area (Å²) in [5.41, 5.74) is 2.42. The van der Waals surface area contributed by atoms with E-state index in [-0.39, 0.29) is 11.9 Å². The molecule has 132 valence electrons. The number of nitrogens with zero attached hydrogens (tertiary/aromatic N) is 5. The van der Waals surface area contributed by atoms with Gasteiger partial charge in [0.15, 0.2) is 0 Å². The van der Waals surface area contributed by atoms with Crippen molar-refractivity contribution in [2.45, 2.75) is 6.04 Å². The Morgan fingerprint density at radius 2 is 1.85 bits per heavy atom. The van der Waals surface area contributed by atoms with E-state index in [2.05, 4.69) is 15.0 Å². The molecule has 6 nitrogen and oxygen atoms in total. The molecular weight excluding hydrogens is 326 g/mol. The van der Waals surface area contributed by atoms with Crippen molar-refractivity contribution in [2.75, 3.05) is 25.0 Å². The van der Waals surface area contributed by atoms with Crippen molar-refractivity contribution >= 4 is 11.7 Å². The van der Waals surface area contributed by atoms with Crippen molar-refractivity contribution in [1.29, 1.82) is 0 Å². The van der Waals surface area contributed by atoms with Gasteiger partial charge in [-0.2, -0.15) is 5.10 Å². The zero-order chi connectivity index (χ0) is 18.1. The van der Waals surface area contributed by atoms with E-state index in [1.54, 1.807) is 10.9 Å².